The summed E-state index contributed by atoms with van der Waals surface area (Å²) in [4.78, 5) is 38.8. The fourth-order valence-corrected chi connectivity index (χ4v) is 5.23. The molecule has 1 saturated carbocycles. The van der Waals surface area contributed by atoms with Gasteiger partial charge >= 0.3 is 0 Å². The molecule has 1 aliphatic carbocycles. The maximum atomic E-state index is 12.6. The summed E-state index contributed by atoms with van der Waals surface area (Å²) in [5, 5.41) is 2.97. The normalized spacial score (nSPS) is 34.6. The Hall–Kier alpha value is -1.18. The Labute approximate surface area is 159 Å². The van der Waals surface area contributed by atoms with Gasteiger partial charge in [0.15, 0.2) is 0 Å². The summed E-state index contributed by atoms with van der Waals surface area (Å²) >= 11 is 0. The minimum absolute atomic E-state index is 0. The topological polar surface area (TPSA) is 102 Å². The predicted molar refractivity (Wildman–Crippen MR) is 96.4 cm³/mol. The molecule has 2 bridgehead atoms. The van der Waals surface area contributed by atoms with Crippen LogP contribution in [-0.2, 0) is 19.1 Å². The third-order valence-corrected chi connectivity index (χ3v) is 6.50. The van der Waals surface area contributed by atoms with Crippen LogP contribution in [0.2, 0.25) is 0 Å². The third kappa shape index (κ3) is 3.25. The van der Waals surface area contributed by atoms with E-state index in [1.807, 2.05) is 0 Å². The highest BCUT2D eigenvalue weighted by Crippen LogP contribution is 2.48. The zero-order valence-electron chi connectivity index (χ0n) is 14.9. The second kappa shape index (κ2) is 7.82. The summed E-state index contributed by atoms with van der Waals surface area (Å²) in [5.74, 6) is -1.10. The SMILES string of the molecule is Cl.NCC(NC(=O)CN1C(=O)C2C3CCC(O3)C2C1=O)C1CCCCC1. The van der Waals surface area contributed by atoms with Crippen molar-refractivity contribution in [1.82, 2.24) is 10.2 Å². The number of imide groups is 1. The number of hydrogen-bond donors (Lipinski definition) is 2. The van der Waals surface area contributed by atoms with E-state index in [9.17, 15) is 14.4 Å². The van der Waals surface area contributed by atoms with Gasteiger partial charge in [-0.2, -0.15) is 0 Å². The molecule has 26 heavy (non-hydrogen) atoms. The highest BCUT2D eigenvalue weighted by molar-refractivity contribution is 6.08. The minimum atomic E-state index is -0.373. The van der Waals surface area contributed by atoms with Crippen molar-refractivity contribution in [3.63, 3.8) is 0 Å². The number of nitrogens with two attached hydrogens (primary N) is 1. The largest absolute Gasteiger partial charge is 0.373 e. The van der Waals surface area contributed by atoms with E-state index in [0.717, 1.165) is 30.6 Å². The highest BCUT2D eigenvalue weighted by atomic mass is 35.5. The molecule has 0 aromatic heterocycles. The van der Waals surface area contributed by atoms with E-state index in [1.165, 1.54) is 19.3 Å². The molecule has 3 aliphatic heterocycles. The predicted octanol–water partition coefficient (Wildman–Crippen LogP) is 0.594. The summed E-state index contributed by atoms with van der Waals surface area (Å²) in [6.07, 6.45) is 7.13. The molecule has 0 spiro atoms. The van der Waals surface area contributed by atoms with Gasteiger partial charge in [0.2, 0.25) is 17.7 Å². The van der Waals surface area contributed by atoms with Crippen LogP contribution in [0, 0.1) is 17.8 Å². The Bertz CT molecular complexity index is 553. The Kier molecular flexibility index (Phi) is 5.89. The van der Waals surface area contributed by atoms with Crippen LogP contribution in [0.3, 0.4) is 0 Å². The van der Waals surface area contributed by atoms with Crippen molar-refractivity contribution < 1.29 is 19.1 Å². The first-order chi connectivity index (χ1) is 12.1. The average molecular weight is 386 g/mol. The third-order valence-electron chi connectivity index (χ3n) is 6.50. The van der Waals surface area contributed by atoms with Crippen LogP contribution in [0.15, 0.2) is 0 Å². The van der Waals surface area contributed by atoms with E-state index in [1.54, 1.807) is 0 Å². The molecule has 4 fully saturated rings. The lowest BCUT2D eigenvalue weighted by Gasteiger charge is -2.30. The second-order valence-corrected chi connectivity index (χ2v) is 7.91. The first-order valence-corrected chi connectivity index (χ1v) is 9.60. The Morgan fingerprint density at radius 1 is 1.08 bits per heavy atom. The summed E-state index contributed by atoms with van der Waals surface area (Å²) in [6, 6.07) is -0.0698. The number of carbonyl (C=O) groups excluding carboxylic acids is 3. The monoisotopic (exact) mass is 385 g/mol. The number of nitrogens with one attached hydrogen (secondary N) is 1. The molecule has 8 heteroatoms. The number of fused-ring (bicyclic) bond motifs is 5. The zero-order chi connectivity index (χ0) is 17.6. The van der Waals surface area contributed by atoms with Gasteiger partial charge in [0.1, 0.15) is 6.54 Å². The Balaban J connectivity index is 0.00000196. The molecule has 0 aromatic rings. The Morgan fingerprint density at radius 2 is 1.65 bits per heavy atom. The van der Waals surface area contributed by atoms with Gasteiger partial charge in [0.25, 0.3) is 0 Å². The van der Waals surface area contributed by atoms with Gasteiger partial charge in [-0.15, -0.1) is 12.4 Å². The standard InChI is InChI=1S/C18H27N3O4.ClH/c19-8-11(10-4-2-1-3-5-10)20-14(22)9-21-17(23)15-12-6-7-13(25-12)16(15)18(21)24;/h10-13,15-16H,1-9,19H2,(H,20,22);1H. The highest BCUT2D eigenvalue weighted by Gasteiger charge is 2.62. The summed E-state index contributed by atoms with van der Waals surface area (Å²) in [5.41, 5.74) is 5.86. The van der Waals surface area contributed by atoms with Crippen molar-refractivity contribution in [3.05, 3.63) is 0 Å². The lowest BCUT2D eigenvalue weighted by molar-refractivity contribution is -0.146. The van der Waals surface area contributed by atoms with Crippen LogP contribution in [-0.4, -0.2) is 54.0 Å². The van der Waals surface area contributed by atoms with Gasteiger partial charge < -0.3 is 15.8 Å². The molecule has 0 radical (unpaired) electrons. The van der Waals surface area contributed by atoms with Gasteiger partial charge in [-0.05, 0) is 31.6 Å². The number of nitrogens with zero attached hydrogens (tertiary/aromatic N) is 1. The first-order valence-electron chi connectivity index (χ1n) is 9.60. The second-order valence-electron chi connectivity index (χ2n) is 7.91. The quantitative estimate of drug-likeness (QED) is 0.674. The summed E-state index contributed by atoms with van der Waals surface area (Å²) in [7, 11) is 0. The van der Waals surface area contributed by atoms with Crippen molar-refractivity contribution >= 4 is 30.1 Å². The molecule has 5 atom stereocenters. The molecule has 3 amide bonds. The van der Waals surface area contributed by atoms with Gasteiger partial charge in [-0.1, -0.05) is 19.3 Å². The van der Waals surface area contributed by atoms with Gasteiger partial charge in [-0.25, -0.2) is 0 Å². The molecule has 3 heterocycles. The van der Waals surface area contributed by atoms with E-state index >= 15 is 0 Å². The lowest BCUT2D eigenvalue weighted by atomic mass is 9.81. The molecular weight excluding hydrogens is 358 g/mol. The van der Waals surface area contributed by atoms with Crippen molar-refractivity contribution in [2.45, 2.75) is 63.2 Å². The number of carbonyl (C=O) groups is 3. The molecule has 0 aromatic carbocycles. The molecule has 5 unspecified atom stereocenters. The van der Waals surface area contributed by atoms with E-state index in [0.29, 0.717) is 12.5 Å². The smallest absolute Gasteiger partial charge is 0.240 e. The summed E-state index contributed by atoms with van der Waals surface area (Å²) < 4.78 is 5.71. The van der Waals surface area contributed by atoms with E-state index in [2.05, 4.69) is 5.32 Å². The number of likely N-dealkylation sites (tertiary alicyclic amines) is 1. The van der Waals surface area contributed by atoms with Crippen molar-refractivity contribution in [2.75, 3.05) is 13.1 Å². The maximum Gasteiger partial charge on any atom is 0.240 e. The summed E-state index contributed by atoms with van der Waals surface area (Å²) in [6.45, 7) is 0.203. The molecule has 4 rings (SSSR count). The van der Waals surface area contributed by atoms with Crippen molar-refractivity contribution in [1.29, 1.82) is 0 Å². The minimum Gasteiger partial charge on any atom is -0.373 e. The molecular formula is C18H28ClN3O4. The fourth-order valence-electron chi connectivity index (χ4n) is 5.23. The number of amides is 3. The van der Waals surface area contributed by atoms with E-state index in [4.69, 9.17) is 10.5 Å². The average Bonchev–Trinajstić information content (AvgIpc) is 3.30. The fraction of sp³-hybridized carbons (Fsp3) is 0.833. The van der Waals surface area contributed by atoms with Crippen molar-refractivity contribution in [3.8, 4) is 0 Å². The van der Waals surface area contributed by atoms with E-state index in [-0.39, 0.29) is 66.8 Å². The number of hydrogen-bond acceptors (Lipinski definition) is 5. The molecule has 3 N–H and O–H groups in total. The van der Waals surface area contributed by atoms with Crippen LogP contribution >= 0.6 is 12.4 Å². The van der Waals surface area contributed by atoms with Crippen LogP contribution in [0.5, 0.6) is 0 Å². The van der Waals surface area contributed by atoms with Crippen molar-refractivity contribution in [2.24, 2.45) is 23.5 Å². The lowest BCUT2D eigenvalue weighted by Crippen LogP contribution is -2.50. The molecule has 3 saturated heterocycles. The zero-order valence-corrected chi connectivity index (χ0v) is 15.7. The van der Waals surface area contributed by atoms with Gasteiger partial charge in [-0.3, -0.25) is 19.3 Å². The Morgan fingerprint density at radius 3 is 2.19 bits per heavy atom. The molecule has 7 nitrogen and oxygen atoms in total. The van der Waals surface area contributed by atoms with Crippen LogP contribution in [0.25, 0.3) is 0 Å². The number of rotatable bonds is 5. The maximum absolute atomic E-state index is 12.6. The van der Waals surface area contributed by atoms with Crippen LogP contribution in [0.4, 0.5) is 0 Å². The van der Waals surface area contributed by atoms with Crippen LogP contribution in [0.1, 0.15) is 44.9 Å². The first kappa shape index (κ1) is 19.6. The number of halogens is 1. The number of ether oxygens (including phenoxy) is 1. The van der Waals surface area contributed by atoms with Gasteiger partial charge in [0, 0.05) is 12.6 Å². The molecule has 4 aliphatic rings. The van der Waals surface area contributed by atoms with E-state index < -0.39 is 0 Å². The van der Waals surface area contributed by atoms with Gasteiger partial charge in [0.05, 0.1) is 24.0 Å². The van der Waals surface area contributed by atoms with Crippen LogP contribution < -0.4 is 11.1 Å². The molecule has 146 valence electrons.